The first-order chi connectivity index (χ1) is 18.4. The highest BCUT2D eigenvalue weighted by molar-refractivity contribution is 7.99. The minimum Gasteiger partial charge on any atom is -0.354 e. The second kappa shape index (κ2) is 14.9. The highest BCUT2D eigenvalue weighted by atomic mass is 32.2. The Morgan fingerprint density at radius 1 is 0.974 bits per heavy atom. The number of nitro benzene ring substituents is 1. The van der Waals surface area contributed by atoms with Crippen molar-refractivity contribution in [1.29, 1.82) is 0 Å². The van der Waals surface area contributed by atoms with E-state index >= 15 is 0 Å². The molecule has 0 heterocycles. The Balaban J connectivity index is 1.80. The van der Waals surface area contributed by atoms with Crippen molar-refractivity contribution in [3.8, 4) is 0 Å². The second-order valence-corrected chi connectivity index (χ2v) is 9.90. The van der Waals surface area contributed by atoms with Gasteiger partial charge in [-0.1, -0.05) is 67.9 Å². The summed E-state index contributed by atoms with van der Waals surface area (Å²) in [5, 5.41) is 13.9. The van der Waals surface area contributed by atoms with E-state index < -0.39 is 11.0 Å². The number of amides is 2. The molecule has 0 bridgehead atoms. The third-order valence-electron chi connectivity index (χ3n) is 6.01. The summed E-state index contributed by atoms with van der Waals surface area (Å²) in [6.45, 7) is 2.73. The molecule has 3 aromatic rings. The number of nitrogens with zero attached hydrogens (tertiary/aromatic N) is 2. The number of carbonyl (C=O) groups is 2. The molecule has 200 valence electrons. The molecule has 2 amide bonds. The molecule has 1 N–H and O–H groups in total. The monoisotopic (exact) mass is 537 g/mol. The lowest BCUT2D eigenvalue weighted by atomic mass is 10.0. The standard InChI is InChI=1S/C29H32FN3O4S/c1-2-3-17-31-29(35)27(18-22-7-5-4-6-8-22)32(19-23-9-13-25(30)14-10-23)28(34)21-38-20-24-11-15-26(16-12-24)33(36)37/h4-16,27H,2-3,17-21H2,1H3,(H,31,35). The average Bonchev–Trinajstić information content (AvgIpc) is 2.92. The van der Waals surface area contributed by atoms with E-state index in [2.05, 4.69) is 5.32 Å². The van der Waals surface area contributed by atoms with Gasteiger partial charge in [-0.05, 0) is 35.2 Å². The number of nitrogens with one attached hydrogen (secondary N) is 1. The smallest absolute Gasteiger partial charge is 0.269 e. The molecular formula is C29H32FN3O4S. The van der Waals surface area contributed by atoms with Crippen molar-refractivity contribution in [1.82, 2.24) is 10.2 Å². The van der Waals surface area contributed by atoms with Gasteiger partial charge in [-0.25, -0.2) is 4.39 Å². The first-order valence-electron chi connectivity index (χ1n) is 12.5. The van der Waals surface area contributed by atoms with E-state index in [0.717, 1.165) is 29.5 Å². The Bertz CT molecular complexity index is 1190. The molecule has 38 heavy (non-hydrogen) atoms. The van der Waals surface area contributed by atoms with Crippen LogP contribution in [0.3, 0.4) is 0 Å². The molecule has 3 rings (SSSR count). The summed E-state index contributed by atoms with van der Waals surface area (Å²) >= 11 is 1.37. The van der Waals surface area contributed by atoms with Crippen LogP contribution in [0.4, 0.5) is 10.1 Å². The predicted octanol–water partition coefficient (Wildman–Crippen LogP) is 5.52. The Morgan fingerprint density at radius 3 is 2.26 bits per heavy atom. The van der Waals surface area contributed by atoms with Crippen LogP contribution >= 0.6 is 11.8 Å². The predicted molar refractivity (Wildman–Crippen MR) is 148 cm³/mol. The van der Waals surface area contributed by atoms with Crippen molar-refractivity contribution in [3.63, 3.8) is 0 Å². The molecule has 0 saturated heterocycles. The topological polar surface area (TPSA) is 92.6 Å². The van der Waals surface area contributed by atoms with Crippen LogP contribution in [-0.4, -0.2) is 40.0 Å². The number of hydrogen-bond acceptors (Lipinski definition) is 5. The molecule has 1 atom stereocenters. The number of rotatable bonds is 14. The first kappa shape index (κ1) is 28.8. The van der Waals surface area contributed by atoms with Gasteiger partial charge in [-0.3, -0.25) is 19.7 Å². The van der Waals surface area contributed by atoms with Gasteiger partial charge in [-0.2, -0.15) is 0 Å². The van der Waals surface area contributed by atoms with E-state index in [1.165, 1.54) is 36.0 Å². The molecule has 0 aromatic heterocycles. The zero-order chi connectivity index (χ0) is 27.3. The van der Waals surface area contributed by atoms with Gasteiger partial charge in [0, 0.05) is 37.4 Å². The summed E-state index contributed by atoms with van der Waals surface area (Å²) in [7, 11) is 0. The molecule has 0 aliphatic rings. The largest absolute Gasteiger partial charge is 0.354 e. The summed E-state index contributed by atoms with van der Waals surface area (Å²) in [4.78, 5) is 39.0. The van der Waals surface area contributed by atoms with Crippen LogP contribution in [-0.2, 0) is 28.3 Å². The average molecular weight is 538 g/mol. The van der Waals surface area contributed by atoms with Crippen molar-refractivity contribution in [2.45, 2.75) is 44.5 Å². The Hall–Kier alpha value is -3.72. The third-order valence-corrected chi connectivity index (χ3v) is 7.00. The maximum atomic E-state index is 13.6. The van der Waals surface area contributed by atoms with E-state index in [0.29, 0.717) is 18.7 Å². The highest BCUT2D eigenvalue weighted by Crippen LogP contribution is 2.20. The number of nitro groups is 1. The highest BCUT2D eigenvalue weighted by Gasteiger charge is 2.30. The summed E-state index contributed by atoms with van der Waals surface area (Å²) < 4.78 is 13.5. The second-order valence-electron chi connectivity index (χ2n) is 8.91. The van der Waals surface area contributed by atoms with Crippen LogP contribution in [0.1, 0.15) is 36.5 Å². The molecule has 0 fully saturated rings. The molecule has 7 nitrogen and oxygen atoms in total. The number of thioether (sulfide) groups is 1. The van der Waals surface area contributed by atoms with Gasteiger partial charge in [0.15, 0.2) is 0 Å². The molecule has 0 aliphatic heterocycles. The van der Waals surface area contributed by atoms with Crippen LogP contribution in [0.2, 0.25) is 0 Å². The van der Waals surface area contributed by atoms with E-state index in [-0.39, 0.29) is 35.6 Å². The van der Waals surface area contributed by atoms with E-state index in [9.17, 15) is 24.1 Å². The van der Waals surface area contributed by atoms with Crippen LogP contribution in [0.25, 0.3) is 0 Å². The number of non-ortho nitro benzene ring substituents is 1. The fourth-order valence-electron chi connectivity index (χ4n) is 3.90. The fraction of sp³-hybridized carbons (Fsp3) is 0.310. The van der Waals surface area contributed by atoms with Gasteiger partial charge < -0.3 is 10.2 Å². The van der Waals surface area contributed by atoms with Crippen molar-refractivity contribution >= 4 is 29.3 Å². The Morgan fingerprint density at radius 2 is 1.63 bits per heavy atom. The Kier molecular flexibility index (Phi) is 11.3. The number of halogens is 1. The minimum atomic E-state index is -0.744. The van der Waals surface area contributed by atoms with Gasteiger partial charge in [-0.15, -0.1) is 11.8 Å². The fourth-order valence-corrected chi connectivity index (χ4v) is 4.77. The lowest BCUT2D eigenvalue weighted by Gasteiger charge is -2.31. The zero-order valence-electron chi connectivity index (χ0n) is 21.3. The quantitative estimate of drug-likeness (QED) is 0.166. The van der Waals surface area contributed by atoms with Gasteiger partial charge in [0.1, 0.15) is 11.9 Å². The molecule has 0 radical (unpaired) electrons. The summed E-state index contributed by atoms with van der Waals surface area (Å²) in [6, 6.07) is 20.9. The molecule has 1 unspecified atom stereocenters. The first-order valence-corrected chi connectivity index (χ1v) is 13.7. The molecule has 0 saturated carbocycles. The maximum Gasteiger partial charge on any atom is 0.269 e. The van der Waals surface area contributed by atoms with Crippen LogP contribution < -0.4 is 5.32 Å². The molecule has 3 aromatic carbocycles. The van der Waals surface area contributed by atoms with Crippen molar-refractivity contribution in [2.24, 2.45) is 0 Å². The summed E-state index contributed by atoms with van der Waals surface area (Å²) in [5.41, 5.74) is 2.52. The SMILES string of the molecule is CCCCNC(=O)C(Cc1ccccc1)N(Cc1ccc(F)cc1)C(=O)CSCc1ccc([N+](=O)[O-])cc1. The lowest BCUT2D eigenvalue weighted by molar-refractivity contribution is -0.384. The molecule has 0 aliphatic carbocycles. The number of benzene rings is 3. The zero-order valence-corrected chi connectivity index (χ0v) is 22.2. The maximum absolute atomic E-state index is 13.6. The number of unbranched alkanes of at least 4 members (excludes halogenated alkanes) is 1. The van der Waals surface area contributed by atoms with Gasteiger partial charge in [0.2, 0.25) is 11.8 Å². The molecular weight excluding hydrogens is 505 g/mol. The van der Waals surface area contributed by atoms with Crippen molar-refractivity contribution in [3.05, 3.63) is 111 Å². The van der Waals surface area contributed by atoms with E-state index in [4.69, 9.17) is 0 Å². The van der Waals surface area contributed by atoms with Gasteiger partial charge >= 0.3 is 0 Å². The van der Waals surface area contributed by atoms with Crippen molar-refractivity contribution in [2.75, 3.05) is 12.3 Å². The van der Waals surface area contributed by atoms with Crippen LogP contribution in [0.15, 0.2) is 78.9 Å². The Labute approximate surface area is 226 Å². The molecule has 0 spiro atoms. The number of hydrogen-bond donors (Lipinski definition) is 1. The number of carbonyl (C=O) groups excluding carboxylic acids is 2. The summed E-state index contributed by atoms with van der Waals surface area (Å²) in [5.74, 6) is -0.208. The van der Waals surface area contributed by atoms with Crippen LogP contribution in [0, 0.1) is 15.9 Å². The minimum absolute atomic E-state index is 0.0122. The molecule has 9 heteroatoms. The lowest BCUT2D eigenvalue weighted by Crippen LogP contribution is -2.51. The van der Waals surface area contributed by atoms with Gasteiger partial charge in [0.05, 0.1) is 10.7 Å². The van der Waals surface area contributed by atoms with E-state index in [1.54, 1.807) is 29.2 Å². The normalized spacial score (nSPS) is 11.5. The van der Waals surface area contributed by atoms with E-state index in [1.807, 2.05) is 37.3 Å². The van der Waals surface area contributed by atoms with Gasteiger partial charge in [0.25, 0.3) is 5.69 Å². The third kappa shape index (κ3) is 8.99. The summed E-state index contributed by atoms with van der Waals surface area (Å²) in [6.07, 6.45) is 2.11. The van der Waals surface area contributed by atoms with Crippen LogP contribution in [0.5, 0.6) is 0 Å². The van der Waals surface area contributed by atoms with Crippen molar-refractivity contribution < 1.29 is 18.9 Å².